The monoisotopic (exact) mass is 330 g/mol. The van der Waals surface area contributed by atoms with E-state index in [2.05, 4.69) is 21.2 Å². The lowest BCUT2D eigenvalue weighted by atomic mass is 10.2. The fourth-order valence-corrected chi connectivity index (χ4v) is 1.70. The van der Waals surface area contributed by atoms with Gasteiger partial charge in [0.25, 0.3) is 5.69 Å². The summed E-state index contributed by atoms with van der Waals surface area (Å²) in [5, 5.41) is 13.6. The largest absolute Gasteiger partial charge is 0.464 e. The molecule has 0 heterocycles. The number of anilines is 1. The molecule has 0 saturated carbocycles. The van der Waals surface area contributed by atoms with E-state index in [0.29, 0.717) is 16.8 Å². The highest BCUT2D eigenvalue weighted by molar-refractivity contribution is 9.10. The molecule has 1 N–H and O–H groups in total. The fraction of sp³-hybridized carbons (Fsp3) is 0.417. The molecule has 1 rings (SSSR count). The van der Waals surface area contributed by atoms with Crippen molar-refractivity contribution in [2.75, 3.05) is 18.5 Å². The van der Waals surface area contributed by atoms with E-state index < -0.39 is 10.9 Å². The number of ether oxygens (including phenoxy) is 1. The number of nitro groups is 1. The summed E-state index contributed by atoms with van der Waals surface area (Å²) in [6.07, 6.45) is 1.75. The van der Waals surface area contributed by atoms with E-state index in [9.17, 15) is 14.9 Å². The number of carbonyl (C=O) groups is 1. The number of carbonyl (C=O) groups excluding carboxylic acids is 1. The summed E-state index contributed by atoms with van der Waals surface area (Å²) in [7, 11) is 0. The van der Waals surface area contributed by atoms with Crippen LogP contribution in [0.4, 0.5) is 11.4 Å². The minimum absolute atomic E-state index is 0.0873. The number of nitrogens with one attached hydrogen (secondary N) is 1. The number of halogens is 1. The number of hydrogen-bond donors (Lipinski definition) is 1. The second-order valence-electron chi connectivity index (χ2n) is 3.85. The van der Waals surface area contributed by atoms with Crippen molar-refractivity contribution in [2.24, 2.45) is 0 Å². The maximum Gasteiger partial charge on any atom is 0.325 e. The van der Waals surface area contributed by atoms with E-state index in [1.54, 1.807) is 12.1 Å². The second-order valence-corrected chi connectivity index (χ2v) is 4.76. The Morgan fingerprint density at radius 1 is 1.53 bits per heavy atom. The molecule has 19 heavy (non-hydrogen) atoms. The van der Waals surface area contributed by atoms with Gasteiger partial charge in [0, 0.05) is 10.5 Å². The Balaban J connectivity index is 2.57. The van der Waals surface area contributed by atoms with E-state index in [1.165, 1.54) is 6.07 Å². The van der Waals surface area contributed by atoms with Crippen LogP contribution in [0.5, 0.6) is 0 Å². The number of nitrogens with zero attached hydrogens (tertiary/aromatic N) is 1. The Hall–Kier alpha value is -1.63. The van der Waals surface area contributed by atoms with Gasteiger partial charge < -0.3 is 10.1 Å². The molecule has 0 aliphatic rings. The summed E-state index contributed by atoms with van der Waals surface area (Å²) in [6, 6.07) is 4.59. The normalized spacial score (nSPS) is 10.0. The average Bonchev–Trinajstić information content (AvgIpc) is 2.37. The zero-order chi connectivity index (χ0) is 14.3. The lowest BCUT2D eigenvalue weighted by Crippen LogP contribution is -2.17. The molecule has 0 bridgehead atoms. The van der Waals surface area contributed by atoms with E-state index in [4.69, 9.17) is 4.74 Å². The Morgan fingerprint density at radius 3 is 2.89 bits per heavy atom. The molecule has 6 nitrogen and oxygen atoms in total. The molecule has 0 atom stereocenters. The van der Waals surface area contributed by atoms with Crippen LogP contribution in [0.2, 0.25) is 0 Å². The van der Waals surface area contributed by atoms with Gasteiger partial charge in [0.2, 0.25) is 0 Å². The van der Waals surface area contributed by atoms with Crippen LogP contribution in [-0.4, -0.2) is 24.0 Å². The summed E-state index contributed by atoms with van der Waals surface area (Å²) in [5.74, 6) is -0.425. The summed E-state index contributed by atoms with van der Waals surface area (Å²) in [6.45, 7) is 2.28. The quantitative estimate of drug-likeness (QED) is 0.359. The lowest BCUT2D eigenvalue weighted by molar-refractivity contribution is -0.384. The first-order chi connectivity index (χ1) is 9.04. The molecule has 0 saturated heterocycles. The van der Waals surface area contributed by atoms with Crippen molar-refractivity contribution in [3.8, 4) is 0 Å². The van der Waals surface area contributed by atoms with Gasteiger partial charge in [0.1, 0.15) is 12.2 Å². The van der Waals surface area contributed by atoms with Crippen LogP contribution in [0.3, 0.4) is 0 Å². The van der Waals surface area contributed by atoms with Crippen LogP contribution in [0.25, 0.3) is 0 Å². The van der Waals surface area contributed by atoms with Crippen molar-refractivity contribution in [1.82, 2.24) is 0 Å². The zero-order valence-electron chi connectivity index (χ0n) is 10.5. The SMILES string of the molecule is CCCCOC(=O)CNc1ccc(Br)cc1[N+](=O)[O-]. The van der Waals surface area contributed by atoms with Crippen LogP contribution < -0.4 is 5.32 Å². The van der Waals surface area contributed by atoms with E-state index >= 15 is 0 Å². The smallest absolute Gasteiger partial charge is 0.325 e. The Kier molecular flexibility index (Phi) is 6.27. The first-order valence-electron chi connectivity index (χ1n) is 5.88. The van der Waals surface area contributed by atoms with E-state index in [1.807, 2.05) is 6.92 Å². The molecular weight excluding hydrogens is 316 g/mol. The van der Waals surface area contributed by atoms with Crippen molar-refractivity contribution in [1.29, 1.82) is 0 Å². The van der Waals surface area contributed by atoms with E-state index in [0.717, 1.165) is 12.8 Å². The third-order valence-corrected chi connectivity index (χ3v) is 2.83. The molecule has 0 aliphatic heterocycles. The maximum absolute atomic E-state index is 11.4. The number of nitro benzene ring substituents is 1. The summed E-state index contributed by atoms with van der Waals surface area (Å²) in [4.78, 5) is 21.7. The highest BCUT2D eigenvalue weighted by Gasteiger charge is 2.14. The van der Waals surface area contributed by atoms with Crippen molar-refractivity contribution in [3.63, 3.8) is 0 Å². The minimum atomic E-state index is -0.504. The van der Waals surface area contributed by atoms with Gasteiger partial charge in [-0.25, -0.2) is 0 Å². The Bertz CT molecular complexity index is 465. The molecule has 0 aliphatic carbocycles. The molecule has 1 aromatic carbocycles. The summed E-state index contributed by atoms with van der Waals surface area (Å²) in [5.41, 5.74) is 0.205. The summed E-state index contributed by atoms with van der Waals surface area (Å²) < 4.78 is 5.55. The molecule has 0 amide bonds. The van der Waals surface area contributed by atoms with E-state index in [-0.39, 0.29) is 12.2 Å². The number of unbranched alkanes of at least 4 members (excludes halogenated alkanes) is 1. The Morgan fingerprint density at radius 2 is 2.26 bits per heavy atom. The predicted molar refractivity (Wildman–Crippen MR) is 75.2 cm³/mol. The molecule has 7 heteroatoms. The number of rotatable bonds is 7. The molecule has 1 aromatic rings. The molecule has 0 spiro atoms. The van der Waals surface area contributed by atoms with Crippen molar-refractivity contribution < 1.29 is 14.5 Å². The van der Waals surface area contributed by atoms with Gasteiger partial charge >= 0.3 is 5.97 Å². The van der Waals surface area contributed by atoms with Gasteiger partial charge in [-0.05, 0) is 18.6 Å². The fourth-order valence-electron chi connectivity index (χ4n) is 1.35. The standard InChI is InChI=1S/C12H15BrN2O4/c1-2-3-6-19-12(16)8-14-10-5-4-9(13)7-11(10)15(17)18/h4-5,7,14H,2-3,6,8H2,1H3. The molecule has 0 fully saturated rings. The van der Waals surface area contributed by atoms with Gasteiger partial charge in [-0.2, -0.15) is 0 Å². The maximum atomic E-state index is 11.4. The van der Waals surface area contributed by atoms with Crippen LogP contribution in [0.15, 0.2) is 22.7 Å². The third-order valence-electron chi connectivity index (χ3n) is 2.34. The first kappa shape index (κ1) is 15.4. The summed E-state index contributed by atoms with van der Waals surface area (Å²) >= 11 is 3.16. The van der Waals surface area contributed by atoms with Crippen LogP contribution in [0, 0.1) is 10.1 Å². The number of esters is 1. The highest BCUT2D eigenvalue weighted by Crippen LogP contribution is 2.27. The van der Waals surface area contributed by atoms with Gasteiger partial charge in [-0.3, -0.25) is 14.9 Å². The highest BCUT2D eigenvalue weighted by atomic mass is 79.9. The van der Waals surface area contributed by atoms with Gasteiger partial charge in [0.15, 0.2) is 0 Å². The van der Waals surface area contributed by atoms with Crippen molar-refractivity contribution in [3.05, 3.63) is 32.8 Å². The van der Waals surface area contributed by atoms with Crippen LogP contribution >= 0.6 is 15.9 Å². The second kappa shape index (κ2) is 7.73. The van der Waals surface area contributed by atoms with Crippen molar-refractivity contribution >= 4 is 33.3 Å². The molecule has 0 unspecified atom stereocenters. The molecule has 0 aromatic heterocycles. The predicted octanol–water partition coefficient (Wildman–Crippen LogP) is 3.11. The lowest BCUT2D eigenvalue weighted by Gasteiger charge is -2.07. The zero-order valence-corrected chi connectivity index (χ0v) is 12.1. The van der Waals surface area contributed by atoms with Crippen LogP contribution in [0.1, 0.15) is 19.8 Å². The molecular formula is C12H15BrN2O4. The number of benzene rings is 1. The van der Waals surface area contributed by atoms with Gasteiger partial charge in [0.05, 0.1) is 11.5 Å². The third kappa shape index (κ3) is 5.25. The Labute approximate surface area is 119 Å². The van der Waals surface area contributed by atoms with Crippen LogP contribution in [-0.2, 0) is 9.53 Å². The topological polar surface area (TPSA) is 81.5 Å². The van der Waals surface area contributed by atoms with Crippen molar-refractivity contribution in [2.45, 2.75) is 19.8 Å². The minimum Gasteiger partial charge on any atom is -0.464 e. The van der Waals surface area contributed by atoms with Gasteiger partial charge in [-0.15, -0.1) is 0 Å². The first-order valence-corrected chi connectivity index (χ1v) is 6.67. The average molecular weight is 331 g/mol. The number of hydrogen-bond acceptors (Lipinski definition) is 5. The molecule has 104 valence electrons. The molecule has 0 radical (unpaired) electrons. The van der Waals surface area contributed by atoms with Gasteiger partial charge in [-0.1, -0.05) is 29.3 Å².